The molecular weight excluding hydrogens is 218 g/mol. The van der Waals surface area contributed by atoms with E-state index in [2.05, 4.69) is 10.1 Å². The van der Waals surface area contributed by atoms with E-state index in [-0.39, 0.29) is 11.8 Å². The topological polar surface area (TPSA) is 51.5 Å². The highest BCUT2D eigenvalue weighted by Crippen LogP contribution is 2.32. The Morgan fingerprint density at radius 3 is 3.00 bits per heavy atom. The molecule has 4 nitrogen and oxygen atoms in total. The molecule has 1 aromatic rings. The second-order valence-corrected chi connectivity index (χ2v) is 4.60. The Morgan fingerprint density at radius 1 is 1.59 bits per heavy atom. The third-order valence-electron chi connectivity index (χ3n) is 3.14. The van der Waals surface area contributed by atoms with Gasteiger partial charge in [0.05, 0.1) is 13.2 Å². The van der Waals surface area contributed by atoms with Crippen molar-refractivity contribution in [3.05, 3.63) is 23.7 Å². The fourth-order valence-electron chi connectivity index (χ4n) is 1.81. The summed E-state index contributed by atoms with van der Waals surface area (Å²) in [5, 5.41) is 3.39. The number of esters is 1. The van der Waals surface area contributed by atoms with E-state index >= 15 is 0 Å². The molecule has 0 radical (unpaired) electrons. The molecule has 0 bridgehead atoms. The molecule has 1 aliphatic rings. The summed E-state index contributed by atoms with van der Waals surface area (Å²) >= 11 is 0. The molecule has 0 aromatic carbocycles. The lowest BCUT2D eigenvalue weighted by molar-refractivity contribution is 0.0562. The molecule has 1 aliphatic carbocycles. The first-order valence-electron chi connectivity index (χ1n) is 6.12. The van der Waals surface area contributed by atoms with Gasteiger partial charge in [-0.25, -0.2) is 4.79 Å². The number of hydrogen-bond acceptors (Lipinski definition) is 4. The molecule has 17 heavy (non-hydrogen) atoms. The molecule has 1 atom stereocenters. The van der Waals surface area contributed by atoms with Crippen LogP contribution in [0.5, 0.6) is 0 Å². The highest BCUT2D eigenvalue weighted by atomic mass is 16.5. The number of carbonyl (C=O) groups excluding carboxylic acids is 1. The number of carbonyl (C=O) groups is 1. The Balaban J connectivity index is 1.82. The summed E-state index contributed by atoms with van der Waals surface area (Å²) in [6.07, 6.45) is 3.99. The molecule has 94 valence electrons. The van der Waals surface area contributed by atoms with Crippen LogP contribution in [0, 0.1) is 5.92 Å². The normalized spacial score (nSPS) is 16.8. The third kappa shape index (κ3) is 3.33. The van der Waals surface area contributed by atoms with E-state index in [1.54, 1.807) is 6.07 Å². The Hall–Kier alpha value is -1.29. The SMILES string of the molecule is COC(=O)c1ccc(C(C)NCCC2CC2)o1. The molecule has 1 unspecified atom stereocenters. The summed E-state index contributed by atoms with van der Waals surface area (Å²) in [6.45, 7) is 3.03. The molecule has 1 heterocycles. The fraction of sp³-hybridized carbons (Fsp3) is 0.615. The minimum absolute atomic E-state index is 0.132. The van der Waals surface area contributed by atoms with Crippen molar-refractivity contribution in [3.8, 4) is 0 Å². The molecule has 4 heteroatoms. The molecule has 1 fully saturated rings. The molecule has 0 spiro atoms. The molecule has 0 aliphatic heterocycles. The van der Waals surface area contributed by atoms with Crippen LogP contribution in [0.15, 0.2) is 16.5 Å². The van der Waals surface area contributed by atoms with Crippen molar-refractivity contribution in [2.45, 2.75) is 32.2 Å². The maximum atomic E-state index is 11.2. The van der Waals surface area contributed by atoms with Gasteiger partial charge in [-0.1, -0.05) is 12.8 Å². The van der Waals surface area contributed by atoms with E-state index < -0.39 is 5.97 Å². The van der Waals surface area contributed by atoms with E-state index in [9.17, 15) is 4.79 Å². The van der Waals surface area contributed by atoms with Crippen molar-refractivity contribution in [2.24, 2.45) is 5.92 Å². The minimum atomic E-state index is -0.429. The predicted molar refractivity (Wildman–Crippen MR) is 63.8 cm³/mol. The third-order valence-corrected chi connectivity index (χ3v) is 3.14. The average molecular weight is 237 g/mol. The second kappa shape index (κ2) is 5.36. The Bertz CT molecular complexity index is 382. The fourth-order valence-corrected chi connectivity index (χ4v) is 1.81. The van der Waals surface area contributed by atoms with Crippen LogP contribution < -0.4 is 5.32 Å². The summed E-state index contributed by atoms with van der Waals surface area (Å²) in [4.78, 5) is 11.2. The number of hydrogen-bond donors (Lipinski definition) is 1. The van der Waals surface area contributed by atoms with Crippen LogP contribution in [0.2, 0.25) is 0 Å². The summed E-state index contributed by atoms with van der Waals surface area (Å²) in [6, 6.07) is 3.61. The lowest BCUT2D eigenvalue weighted by Gasteiger charge is -2.10. The van der Waals surface area contributed by atoms with Gasteiger partial charge in [0, 0.05) is 0 Å². The van der Waals surface area contributed by atoms with Crippen LogP contribution in [0.3, 0.4) is 0 Å². The lowest BCUT2D eigenvalue weighted by Crippen LogP contribution is -2.19. The van der Waals surface area contributed by atoms with Gasteiger partial charge >= 0.3 is 5.97 Å². The van der Waals surface area contributed by atoms with Gasteiger partial charge in [0.15, 0.2) is 0 Å². The highest BCUT2D eigenvalue weighted by molar-refractivity contribution is 5.86. The molecular formula is C13H19NO3. The Kier molecular flexibility index (Phi) is 3.84. The largest absolute Gasteiger partial charge is 0.463 e. The van der Waals surface area contributed by atoms with Gasteiger partial charge < -0.3 is 14.5 Å². The molecule has 2 rings (SSSR count). The minimum Gasteiger partial charge on any atom is -0.463 e. The molecule has 1 aromatic heterocycles. The van der Waals surface area contributed by atoms with Gasteiger partial charge in [-0.3, -0.25) is 0 Å². The molecule has 0 saturated heterocycles. The van der Waals surface area contributed by atoms with Crippen LogP contribution in [0.1, 0.15) is 48.5 Å². The average Bonchev–Trinajstić information content (AvgIpc) is 3.02. The zero-order valence-corrected chi connectivity index (χ0v) is 10.4. The standard InChI is InChI=1S/C13H19NO3/c1-9(14-8-7-10-3-4-10)11-5-6-12(17-11)13(15)16-2/h5-6,9-10,14H,3-4,7-8H2,1-2H3. The van der Waals surface area contributed by atoms with E-state index in [0.29, 0.717) is 0 Å². The molecule has 1 saturated carbocycles. The monoisotopic (exact) mass is 237 g/mol. The predicted octanol–water partition coefficient (Wildman–Crippen LogP) is 2.52. The summed E-state index contributed by atoms with van der Waals surface area (Å²) < 4.78 is 10.0. The maximum Gasteiger partial charge on any atom is 0.373 e. The number of methoxy groups -OCH3 is 1. The van der Waals surface area contributed by atoms with E-state index in [1.807, 2.05) is 13.0 Å². The Morgan fingerprint density at radius 2 is 2.35 bits per heavy atom. The van der Waals surface area contributed by atoms with Crippen LogP contribution in [0.4, 0.5) is 0 Å². The van der Waals surface area contributed by atoms with Crippen LogP contribution in [-0.2, 0) is 4.74 Å². The second-order valence-electron chi connectivity index (χ2n) is 4.60. The van der Waals surface area contributed by atoms with Crippen LogP contribution >= 0.6 is 0 Å². The van der Waals surface area contributed by atoms with Gasteiger partial charge in [-0.2, -0.15) is 0 Å². The first-order valence-corrected chi connectivity index (χ1v) is 6.12. The number of ether oxygens (including phenoxy) is 1. The van der Waals surface area contributed by atoms with Crippen LogP contribution in [0.25, 0.3) is 0 Å². The van der Waals surface area contributed by atoms with Crippen molar-refractivity contribution < 1.29 is 13.9 Å². The summed E-state index contributed by atoms with van der Waals surface area (Å²) in [5.41, 5.74) is 0. The van der Waals surface area contributed by atoms with Gasteiger partial charge in [0.1, 0.15) is 5.76 Å². The van der Waals surface area contributed by atoms with Crippen molar-refractivity contribution in [3.63, 3.8) is 0 Å². The quantitative estimate of drug-likeness (QED) is 0.772. The lowest BCUT2D eigenvalue weighted by atomic mass is 10.2. The maximum absolute atomic E-state index is 11.2. The van der Waals surface area contributed by atoms with E-state index in [0.717, 1.165) is 18.2 Å². The van der Waals surface area contributed by atoms with E-state index in [1.165, 1.54) is 26.4 Å². The van der Waals surface area contributed by atoms with Gasteiger partial charge in [0.25, 0.3) is 0 Å². The first kappa shape index (κ1) is 12.2. The van der Waals surface area contributed by atoms with Crippen molar-refractivity contribution in [2.75, 3.05) is 13.7 Å². The van der Waals surface area contributed by atoms with Crippen LogP contribution in [-0.4, -0.2) is 19.6 Å². The van der Waals surface area contributed by atoms with Crippen molar-refractivity contribution >= 4 is 5.97 Å². The molecule has 0 amide bonds. The number of rotatable bonds is 6. The highest BCUT2D eigenvalue weighted by Gasteiger charge is 2.21. The summed E-state index contributed by atoms with van der Waals surface area (Å²) in [7, 11) is 1.35. The van der Waals surface area contributed by atoms with Crippen molar-refractivity contribution in [1.29, 1.82) is 0 Å². The zero-order chi connectivity index (χ0) is 12.3. The smallest absolute Gasteiger partial charge is 0.373 e. The van der Waals surface area contributed by atoms with Crippen molar-refractivity contribution in [1.82, 2.24) is 5.32 Å². The number of nitrogens with one attached hydrogen (secondary N) is 1. The van der Waals surface area contributed by atoms with Gasteiger partial charge in [0.2, 0.25) is 5.76 Å². The zero-order valence-electron chi connectivity index (χ0n) is 10.4. The van der Waals surface area contributed by atoms with E-state index in [4.69, 9.17) is 4.42 Å². The first-order chi connectivity index (χ1) is 8.20. The number of furan rings is 1. The molecule has 1 N–H and O–H groups in total. The van der Waals surface area contributed by atoms with Gasteiger partial charge in [-0.05, 0) is 37.9 Å². The summed E-state index contributed by atoms with van der Waals surface area (Å²) in [5.74, 6) is 1.54. The van der Waals surface area contributed by atoms with Gasteiger partial charge in [-0.15, -0.1) is 0 Å². The Labute approximate surface area is 101 Å².